The van der Waals surface area contributed by atoms with Crippen molar-refractivity contribution >= 4 is 32.7 Å². The number of para-hydroxylation sites is 2. The fourth-order valence-electron chi connectivity index (χ4n) is 4.35. The molecule has 4 aromatic rings. The molecule has 1 aliphatic rings. The molecule has 8 heteroatoms. The van der Waals surface area contributed by atoms with Gasteiger partial charge in [0.05, 0.1) is 29.1 Å². The third-order valence-electron chi connectivity index (χ3n) is 6.09. The number of ether oxygens (including phenoxy) is 1. The second kappa shape index (κ2) is 9.23. The molecule has 0 bridgehead atoms. The number of rotatable bonds is 6. The van der Waals surface area contributed by atoms with Gasteiger partial charge in [0.1, 0.15) is 5.75 Å². The Morgan fingerprint density at radius 1 is 1.18 bits per heavy atom. The van der Waals surface area contributed by atoms with E-state index in [-0.39, 0.29) is 11.8 Å². The van der Waals surface area contributed by atoms with E-state index in [1.807, 2.05) is 66.2 Å². The van der Waals surface area contributed by atoms with E-state index in [0.29, 0.717) is 13.1 Å². The first-order valence-electron chi connectivity index (χ1n) is 11.2. The standard InChI is InChI=1S/C25H27N5O2S/c1-17-22-23(30(28-17)20-11-4-3-5-12-20)27-25(33-22)29-14-8-10-19(16-29)24(31)26-15-18-9-6-7-13-21(18)32-2/h3-7,9,11-13,19H,8,10,14-16H2,1-2H3,(H,26,31)/t19-/m0/s1. The van der Waals surface area contributed by atoms with Crippen LogP contribution in [0.15, 0.2) is 54.6 Å². The van der Waals surface area contributed by atoms with Crippen LogP contribution < -0.4 is 15.0 Å². The van der Waals surface area contributed by atoms with Crippen molar-refractivity contribution in [3.05, 3.63) is 65.9 Å². The number of carbonyl (C=O) groups excluding carboxylic acids is 1. The number of piperidine rings is 1. The third kappa shape index (κ3) is 4.30. The first-order chi connectivity index (χ1) is 16.1. The van der Waals surface area contributed by atoms with Gasteiger partial charge in [-0.15, -0.1) is 0 Å². The topological polar surface area (TPSA) is 72.3 Å². The first kappa shape index (κ1) is 21.5. The lowest BCUT2D eigenvalue weighted by atomic mass is 9.97. The van der Waals surface area contributed by atoms with E-state index >= 15 is 0 Å². The van der Waals surface area contributed by atoms with Gasteiger partial charge in [-0.25, -0.2) is 4.68 Å². The van der Waals surface area contributed by atoms with Crippen LogP contribution in [0.25, 0.3) is 16.0 Å². The molecule has 0 spiro atoms. The van der Waals surface area contributed by atoms with Gasteiger partial charge in [-0.2, -0.15) is 10.1 Å². The minimum atomic E-state index is -0.0628. The molecule has 1 N–H and O–H groups in total. The molecule has 1 atom stereocenters. The maximum Gasteiger partial charge on any atom is 0.225 e. The fraction of sp³-hybridized carbons (Fsp3) is 0.320. The van der Waals surface area contributed by atoms with Gasteiger partial charge in [0, 0.05) is 25.2 Å². The van der Waals surface area contributed by atoms with Crippen LogP contribution in [0.1, 0.15) is 24.1 Å². The number of aryl methyl sites for hydroxylation is 1. The van der Waals surface area contributed by atoms with Crippen molar-refractivity contribution in [2.75, 3.05) is 25.1 Å². The zero-order valence-corrected chi connectivity index (χ0v) is 19.6. The number of nitrogens with one attached hydrogen (secondary N) is 1. The zero-order valence-electron chi connectivity index (χ0n) is 18.8. The molecule has 1 saturated heterocycles. The molecular formula is C25H27N5O2S. The van der Waals surface area contributed by atoms with Crippen LogP contribution in [-0.4, -0.2) is 40.9 Å². The van der Waals surface area contributed by atoms with Crippen molar-refractivity contribution in [2.24, 2.45) is 5.92 Å². The van der Waals surface area contributed by atoms with Gasteiger partial charge < -0.3 is 15.0 Å². The Kier molecular flexibility index (Phi) is 6.00. The molecule has 3 heterocycles. The van der Waals surface area contributed by atoms with Crippen LogP contribution in [0.2, 0.25) is 0 Å². The highest BCUT2D eigenvalue weighted by Gasteiger charge is 2.28. The normalized spacial score (nSPS) is 16.2. The molecule has 2 aromatic heterocycles. The van der Waals surface area contributed by atoms with Crippen LogP contribution in [0.4, 0.5) is 5.13 Å². The lowest BCUT2D eigenvalue weighted by molar-refractivity contribution is -0.125. The average molecular weight is 462 g/mol. The fourth-order valence-corrected chi connectivity index (χ4v) is 5.37. The summed E-state index contributed by atoms with van der Waals surface area (Å²) in [7, 11) is 1.65. The summed E-state index contributed by atoms with van der Waals surface area (Å²) in [5, 5.41) is 8.74. The largest absolute Gasteiger partial charge is 0.496 e. The number of hydrogen-bond acceptors (Lipinski definition) is 6. The predicted molar refractivity (Wildman–Crippen MR) is 131 cm³/mol. The van der Waals surface area contributed by atoms with E-state index in [1.54, 1.807) is 18.4 Å². The summed E-state index contributed by atoms with van der Waals surface area (Å²) in [5.74, 6) is 0.811. The van der Waals surface area contributed by atoms with Gasteiger partial charge >= 0.3 is 0 Å². The van der Waals surface area contributed by atoms with Crippen LogP contribution in [-0.2, 0) is 11.3 Å². The van der Waals surface area contributed by atoms with E-state index in [1.165, 1.54) is 0 Å². The number of anilines is 1. The number of hydrogen-bond donors (Lipinski definition) is 1. The molecule has 0 unspecified atom stereocenters. The average Bonchev–Trinajstić information content (AvgIpc) is 3.44. The Balaban J connectivity index is 1.31. The van der Waals surface area contributed by atoms with Crippen molar-refractivity contribution in [2.45, 2.75) is 26.3 Å². The Hall–Kier alpha value is -3.39. The quantitative estimate of drug-likeness (QED) is 0.463. The number of methoxy groups -OCH3 is 1. The van der Waals surface area contributed by atoms with Crippen molar-refractivity contribution in [3.63, 3.8) is 0 Å². The van der Waals surface area contributed by atoms with Gasteiger partial charge in [-0.1, -0.05) is 47.7 Å². The molecule has 0 saturated carbocycles. The minimum absolute atomic E-state index is 0.0628. The van der Waals surface area contributed by atoms with Crippen LogP contribution in [0, 0.1) is 12.8 Å². The highest BCUT2D eigenvalue weighted by atomic mass is 32.1. The molecule has 7 nitrogen and oxygen atoms in total. The van der Waals surface area contributed by atoms with E-state index in [0.717, 1.165) is 57.6 Å². The number of aromatic nitrogens is 3. The number of carbonyl (C=O) groups is 1. The number of thiazole rings is 1. The Bertz CT molecular complexity index is 1270. The van der Waals surface area contributed by atoms with E-state index in [2.05, 4.69) is 15.3 Å². The number of benzene rings is 2. The number of amides is 1. The second-order valence-electron chi connectivity index (χ2n) is 8.30. The van der Waals surface area contributed by atoms with Crippen molar-refractivity contribution in [1.82, 2.24) is 20.1 Å². The maximum absolute atomic E-state index is 13.0. The Labute approximate surface area is 197 Å². The highest BCUT2D eigenvalue weighted by Crippen LogP contribution is 2.34. The summed E-state index contributed by atoms with van der Waals surface area (Å²) >= 11 is 1.66. The van der Waals surface area contributed by atoms with E-state index < -0.39 is 0 Å². The predicted octanol–water partition coefficient (Wildman–Crippen LogP) is 4.33. The van der Waals surface area contributed by atoms with Crippen molar-refractivity contribution in [3.8, 4) is 11.4 Å². The maximum atomic E-state index is 13.0. The van der Waals surface area contributed by atoms with Crippen LogP contribution in [0.5, 0.6) is 5.75 Å². The lowest BCUT2D eigenvalue weighted by Gasteiger charge is -2.31. The molecule has 33 heavy (non-hydrogen) atoms. The van der Waals surface area contributed by atoms with Gasteiger partial charge in [-0.3, -0.25) is 4.79 Å². The Morgan fingerprint density at radius 2 is 1.97 bits per heavy atom. The molecule has 170 valence electrons. The minimum Gasteiger partial charge on any atom is -0.496 e. The van der Waals surface area contributed by atoms with Gasteiger partial charge in [0.25, 0.3) is 0 Å². The Morgan fingerprint density at radius 3 is 2.79 bits per heavy atom. The van der Waals surface area contributed by atoms with Gasteiger partial charge in [0.15, 0.2) is 10.8 Å². The SMILES string of the molecule is COc1ccccc1CNC(=O)[C@H]1CCCN(c2nc3c(s2)c(C)nn3-c2ccccc2)C1. The van der Waals surface area contributed by atoms with Crippen molar-refractivity contribution in [1.29, 1.82) is 0 Å². The molecular weight excluding hydrogens is 434 g/mol. The second-order valence-corrected chi connectivity index (χ2v) is 9.27. The highest BCUT2D eigenvalue weighted by molar-refractivity contribution is 7.22. The lowest BCUT2D eigenvalue weighted by Crippen LogP contribution is -2.43. The summed E-state index contributed by atoms with van der Waals surface area (Å²) in [6.07, 6.45) is 1.85. The molecule has 1 aliphatic heterocycles. The molecule has 1 fully saturated rings. The smallest absolute Gasteiger partial charge is 0.225 e. The van der Waals surface area contributed by atoms with Crippen molar-refractivity contribution < 1.29 is 9.53 Å². The van der Waals surface area contributed by atoms with E-state index in [9.17, 15) is 4.79 Å². The summed E-state index contributed by atoms with van der Waals surface area (Å²) in [5.41, 5.74) is 3.83. The van der Waals surface area contributed by atoms with Crippen LogP contribution in [0.3, 0.4) is 0 Å². The van der Waals surface area contributed by atoms with Gasteiger partial charge in [-0.05, 0) is 38.0 Å². The summed E-state index contributed by atoms with van der Waals surface area (Å²) in [6.45, 7) is 4.07. The first-order valence-corrected chi connectivity index (χ1v) is 12.0. The molecule has 5 rings (SSSR count). The summed E-state index contributed by atoms with van der Waals surface area (Å²) < 4.78 is 8.40. The molecule has 1 amide bonds. The number of nitrogens with zero attached hydrogens (tertiary/aromatic N) is 4. The van der Waals surface area contributed by atoms with Crippen LogP contribution >= 0.6 is 11.3 Å². The summed E-state index contributed by atoms with van der Waals surface area (Å²) in [4.78, 5) is 20.1. The molecule has 0 aliphatic carbocycles. The monoisotopic (exact) mass is 461 g/mol. The zero-order chi connectivity index (χ0) is 22.8. The molecule has 0 radical (unpaired) electrons. The molecule has 2 aromatic carbocycles. The van der Waals surface area contributed by atoms with Gasteiger partial charge in [0.2, 0.25) is 5.91 Å². The summed E-state index contributed by atoms with van der Waals surface area (Å²) in [6, 6.07) is 17.9. The third-order valence-corrected chi connectivity index (χ3v) is 7.30. The number of fused-ring (bicyclic) bond motifs is 1. The van der Waals surface area contributed by atoms with E-state index in [4.69, 9.17) is 9.72 Å².